The van der Waals surface area contributed by atoms with Gasteiger partial charge < -0.3 is 9.80 Å². The molecule has 0 aliphatic carbocycles. The molecule has 0 radical (unpaired) electrons. The smallest absolute Gasteiger partial charge is 0.257 e. The number of hydrogen-bond acceptors (Lipinski definition) is 3. The molecule has 1 amide bonds. The molecule has 2 aliphatic rings. The van der Waals surface area contributed by atoms with Crippen molar-refractivity contribution in [3.05, 3.63) is 47.3 Å². The van der Waals surface area contributed by atoms with Crippen LogP contribution in [0.2, 0.25) is 0 Å². The first-order valence-corrected chi connectivity index (χ1v) is 9.36. The fourth-order valence-electron chi connectivity index (χ4n) is 4.58. The third kappa shape index (κ3) is 3.25. The number of hydrogen-bond donors (Lipinski definition) is 0. The largest absolute Gasteiger partial charge is 0.338 e. The minimum Gasteiger partial charge on any atom is -0.338 e. The molecule has 2 aliphatic heterocycles. The van der Waals surface area contributed by atoms with Crippen molar-refractivity contribution in [1.82, 2.24) is 19.6 Å². The van der Waals surface area contributed by atoms with Crippen molar-refractivity contribution >= 4 is 5.91 Å². The second kappa shape index (κ2) is 6.71. The molecule has 3 heterocycles. The van der Waals surface area contributed by atoms with Gasteiger partial charge in [0.15, 0.2) is 5.82 Å². The Balaban J connectivity index is 1.56. The molecule has 7 heteroatoms. The Labute approximate surface area is 157 Å². The number of carbonyl (C=O) groups excluding carboxylic acids is 1. The summed E-state index contributed by atoms with van der Waals surface area (Å²) in [6, 6.07) is 3.34. The molecule has 1 unspecified atom stereocenters. The maximum Gasteiger partial charge on any atom is 0.257 e. The van der Waals surface area contributed by atoms with Crippen LogP contribution in [0.4, 0.5) is 8.78 Å². The first kappa shape index (κ1) is 18.1. The van der Waals surface area contributed by atoms with Gasteiger partial charge in [-0.1, -0.05) is 0 Å². The molecule has 2 fully saturated rings. The number of carbonyl (C=O) groups is 1. The van der Waals surface area contributed by atoms with E-state index in [0.717, 1.165) is 45.1 Å². The molecular formula is C20H24F2N4O. The van der Waals surface area contributed by atoms with Crippen LogP contribution in [-0.2, 0) is 0 Å². The maximum absolute atomic E-state index is 14.1. The number of benzene rings is 1. The van der Waals surface area contributed by atoms with Crippen molar-refractivity contribution in [3.63, 3.8) is 0 Å². The summed E-state index contributed by atoms with van der Waals surface area (Å²) in [5, 5.41) is 4.18. The molecule has 5 nitrogen and oxygen atoms in total. The van der Waals surface area contributed by atoms with Gasteiger partial charge in [-0.15, -0.1) is 0 Å². The van der Waals surface area contributed by atoms with Crippen LogP contribution in [0.5, 0.6) is 0 Å². The summed E-state index contributed by atoms with van der Waals surface area (Å²) >= 11 is 0. The first-order chi connectivity index (χ1) is 12.9. The van der Waals surface area contributed by atoms with Crippen LogP contribution < -0.4 is 0 Å². The van der Waals surface area contributed by atoms with E-state index in [1.54, 1.807) is 6.92 Å². The Morgan fingerprint density at radius 2 is 2.00 bits per heavy atom. The number of halogens is 2. The molecule has 0 bridgehead atoms. The van der Waals surface area contributed by atoms with E-state index >= 15 is 0 Å². The van der Waals surface area contributed by atoms with Crippen molar-refractivity contribution in [2.75, 3.05) is 33.2 Å². The van der Waals surface area contributed by atoms with Crippen molar-refractivity contribution in [3.8, 4) is 5.69 Å². The zero-order chi connectivity index (χ0) is 19.2. The molecule has 0 saturated carbocycles. The van der Waals surface area contributed by atoms with Crippen LogP contribution in [0.15, 0.2) is 24.4 Å². The Morgan fingerprint density at radius 3 is 2.74 bits per heavy atom. The van der Waals surface area contributed by atoms with Crippen molar-refractivity contribution in [2.45, 2.75) is 26.2 Å². The number of rotatable bonds is 2. The summed E-state index contributed by atoms with van der Waals surface area (Å²) < 4.78 is 28.6. The Kier molecular flexibility index (Phi) is 4.50. The summed E-state index contributed by atoms with van der Waals surface area (Å²) in [4.78, 5) is 17.3. The molecular weight excluding hydrogens is 350 g/mol. The molecule has 2 aromatic rings. The van der Waals surface area contributed by atoms with Crippen molar-refractivity contribution in [1.29, 1.82) is 0 Å². The zero-order valence-corrected chi connectivity index (χ0v) is 15.7. The van der Waals surface area contributed by atoms with E-state index in [0.29, 0.717) is 11.3 Å². The van der Waals surface area contributed by atoms with Gasteiger partial charge in [0.2, 0.25) is 0 Å². The van der Waals surface area contributed by atoms with Crippen molar-refractivity contribution < 1.29 is 13.6 Å². The highest BCUT2D eigenvalue weighted by molar-refractivity contribution is 5.95. The van der Waals surface area contributed by atoms with Gasteiger partial charge in [0.1, 0.15) is 11.5 Å². The van der Waals surface area contributed by atoms with E-state index < -0.39 is 11.6 Å². The Hall–Kier alpha value is -2.28. The predicted molar refractivity (Wildman–Crippen MR) is 97.9 cm³/mol. The van der Waals surface area contributed by atoms with Gasteiger partial charge >= 0.3 is 0 Å². The standard InChI is InChI=1S/C20H24F2N4O/c1-14-16(11-23-26(14)18-5-4-15(21)10-17(18)22)19(27)25-9-7-20(13-25)6-3-8-24(2)12-20/h4-5,10-11H,3,6-9,12-13H2,1-2H3. The average molecular weight is 374 g/mol. The highest BCUT2D eigenvalue weighted by Gasteiger charge is 2.42. The minimum absolute atomic E-state index is 0.0635. The summed E-state index contributed by atoms with van der Waals surface area (Å²) in [5.74, 6) is -1.41. The van der Waals surface area contributed by atoms with Gasteiger partial charge in [-0.05, 0) is 51.9 Å². The zero-order valence-electron chi connectivity index (χ0n) is 15.7. The van der Waals surface area contributed by atoms with Gasteiger partial charge in [0.25, 0.3) is 5.91 Å². The fourth-order valence-corrected chi connectivity index (χ4v) is 4.58. The fraction of sp³-hybridized carbons (Fsp3) is 0.500. The highest BCUT2D eigenvalue weighted by Crippen LogP contribution is 2.39. The molecule has 1 spiro atoms. The van der Waals surface area contributed by atoms with Crippen LogP contribution in [0.3, 0.4) is 0 Å². The average Bonchev–Trinajstić information content (AvgIpc) is 3.19. The SMILES string of the molecule is Cc1c(C(=O)N2CCC3(CCCN(C)C3)C2)cnn1-c1ccc(F)cc1F. The maximum atomic E-state index is 14.1. The highest BCUT2D eigenvalue weighted by atomic mass is 19.1. The van der Waals surface area contributed by atoms with Crippen LogP contribution in [0.1, 0.15) is 35.3 Å². The topological polar surface area (TPSA) is 41.4 Å². The molecule has 1 aromatic carbocycles. The lowest BCUT2D eigenvalue weighted by molar-refractivity contribution is 0.0721. The molecule has 1 aromatic heterocycles. The quantitative estimate of drug-likeness (QED) is 0.811. The lowest BCUT2D eigenvalue weighted by Gasteiger charge is -2.38. The third-order valence-corrected chi connectivity index (χ3v) is 5.96. The van der Waals surface area contributed by atoms with Crippen molar-refractivity contribution in [2.24, 2.45) is 5.41 Å². The molecule has 0 N–H and O–H groups in total. The van der Waals surface area contributed by atoms with Crippen LogP contribution in [-0.4, -0.2) is 58.7 Å². The summed E-state index contributed by atoms with van der Waals surface area (Å²) in [5.41, 5.74) is 1.36. The predicted octanol–water partition coefficient (Wildman–Crippen LogP) is 3.02. The van der Waals surface area contributed by atoms with Gasteiger partial charge in [-0.3, -0.25) is 4.79 Å². The number of likely N-dealkylation sites (tertiary alicyclic amines) is 2. The lowest BCUT2D eigenvalue weighted by atomic mass is 9.79. The summed E-state index contributed by atoms with van der Waals surface area (Å²) in [6.45, 7) is 5.37. The van der Waals surface area contributed by atoms with Crippen LogP contribution in [0, 0.1) is 24.0 Å². The van der Waals surface area contributed by atoms with Crippen LogP contribution >= 0.6 is 0 Å². The normalized spacial score (nSPS) is 23.3. The monoisotopic (exact) mass is 374 g/mol. The van der Waals surface area contributed by atoms with Crippen LogP contribution in [0.25, 0.3) is 5.69 Å². The minimum atomic E-state index is -0.703. The summed E-state index contributed by atoms with van der Waals surface area (Å²) in [7, 11) is 2.14. The second-order valence-electron chi connectivity index (χ2n) is 7.97. The van der Waals surface area contributed by atoms with E-state index in [1.165, 1.54) is 29.4 Å². The first-order valence-electron chi connectivity index (χ1n) is 9.36. The van der Waals surface area contributed by atoms with E-state index in [9.17, 15) is 13.6 Å². The van der Waals surface area contributed by atoms with E-state index in [4.69, 9.17) is 0 Å². The van der Waals surface area contributed by atoms with Gasteiger partial charge in [0, 0.05) is 31.1 Å². The molecule has 2 saturated heterocycles. The van der Waals surface area contributed by atoms with Gasteiger partial charge in [-0.25, -0.2) is 13.5 Å². The number of piperidine rings is 1. The lowest BCUT2D eigenvalue weighted by Crippen LogP contribution is -2.43. The second-order valence-corrected chi connectivity index (χ2v) is 7.97. The van der Waals surface area contributed by atoms with E-state index in [1.807, 2.05) is 4.90 Å². The summed E-state index contributed by atoms with van der Waals surface area (Å²) in [6.07, 6.45) is 4.82. The molecule has 4 rings (SSSR count). The third-order valence-electron chi connectivity index (χ3n) is 5.96. The van der Waals surface area contributed by atoms with E-state index in [-0.39, 0.29) is 17.0 Å². The Morgan fingerprint density at radius 1 is 1.19 bits per heavy atom. The van der Waals surface area contributed by atoms with Gasteiger partial charge in [-0.2, -0.15) is 5.10 Å². The molecule has 144 valence electrons. The molecule has 1 atom stereocenters. The number of nitrogens with zero attached hydrogens (tertiary/aromatic N) is 4. The van der Waals surface area contributed by atoms with E-state index in [2.05, 4.69) is 17.0 Å². The molecule has 27 heavy (non-hydrogen) atoms. The number of aromatic nitrogens is 2. The Bertz CT molecular complexity index is 881. The van der Waals surface area contributed by atoms with Gasteiger partial charge in [0.05, 0.1) is 17.5 Å². The number of amides is 1.